The third-order valence-corrected chi connectivity index (χ3v) is 4.60. The molecule has 0 spiro atoms. The number of rotatable bonds is 0. The Hall–Kier alpha value is -0.850. The van der Waals surface area contributed by atoms with Gasteiger partial charge in [-0.15, -0.1) is 0 Å². The zero-order valence-electron chi connectivity index (χ0n) is 9.49. The highest BCUT2D eigenvalue weighted by atomic mass is 16.1. The van der Waals surface area contributed by atoms with Crippen LogP contribution < -0.4 is 0 Å². The fraction of sp³-hybridized carbons (Fsp3) is 0.643. The molecule has 0 heterocycles. The predicted octanol–water partition coefficient (Wildman–Crippen LogP) is 3.12. The first-order valence-electron chi connectivity index (χ1n) is 6.08. The first-order chi connectivity index (χ1) is 7.20. The van der Waals surface area contributed by atoms with Gasteiger partial charge in [-0.3, -0.25) is 4.79 Å². The first-order valence-corrected chi connectivity index (χ1v) is 6.08. The van der Waals surface area contributed by atoms with Gasteiger partial charge >= 0.3 is 0 Å². The van der Waals surface area contributed by atoms with Crippen molar-refractivity contribution in [2.45, 2.75) is 33.1 Å². The summed E-state index contributed by atoms with van der Waals surface area (Å²) in [5.74, 6) is 2.73. The smallest absolute Gasteiger partial charge is 0.159 e. The van der Waals surface area contributed by atoms with Crippen molar-refractivity contribution in [1.29, 1.82) is 0 Å². The van der Waals surface area contributed by atoms with Crippen molar-refractivity contribution in [1.82, 2.24) is 0 Å². The molecule has 4 atom stereocenters. The molecule has 0 saturated heterocycles. The molecule has 2 saturated carbocycles. The van der Waals surface area contributed by atoms with Crippen LogP contribution in [0.25, 0.3) is 0 Å². The summed E-state index contributed by atoms with van der Waals surface area (Å²) in [7, 11) is 0. The standard InChI is InChI=1S/C14H18O/c1-8(2)13-10-6-7-11(13)14-9(10)4-3-5-12(14)15/h3,5,9-11,14H,4,6-7H2,1-2H3/t9-,10+,11-,14-/m1/s1. The van der Waals surface area contributed by atoms with Crippen LogP contribution in [0.2, 0.25) is 0 Å². The summed E-state index contributed by atoms with van der Waals surface area (Å²) in [6, 6.07) is 0. The van der Waals surface area contributed by atoms with Gasteiger partial charge in [-0.1, -0.05) is 17.2 Å². The van der Waals surface area contributed by atoms with E-state index in [0.29, 0.717) is 23.5 Å². The van der Waals surface area contributed by atoms with Gasteiger partial charge in [-0.05, 0) is 56.9 Å². The van der Waals surface area contributed by atoms with Gasteiger partial charge in [0.25, 0.3) is 0 Å². The molecular weight excluding hydrogens is 184 g/mol. The number of hydrogen-bond donors (Lipinski definition) is 0. The highest BCUT2D eigenvalue weighted by Crippen LogP contribution is 2.59. The monoisotopic (exact) mass is 202 g/mol. The summed E-state index contributed by atoms with van der Waals surface area (Å²) in [6.45, 7) is 4.44. The fourth-order valence-corrected chi connectivity index (χ4v) is 4.23. The largest absolute Gasteiger partial charge is 0.295 e. The molecule has 0 aromatic carbocycles. The van der Waals surface area contributed by atoms with E-state index in [9.17, 15) is 4.79 Å². The van der Waals surface area contributed by atoms with Gasteiger partial charge in [-0.25, -0.2) is 0 Å². The average Bonchev–Trinajstić information content (AvgIpc) is 2.73. The van der Waals surface area contributed by atoms with E-state index in [1.165, 1.54) is 18.4 Å². The van der Waals surface area contributed by atoms with Crippen molar-refractivity contribution in [2.75, 3.05) is 0 Å². The van der Waals surface area contributed by atoms with Gasteiger partial charge < -0.3 is 0 Å². The summed E-state index contributed by atoms with van der Waals surface area (Å²) in [5.41, 5.74) is 3.12. The number of carbonyl (C=O) groups is 1. The van der Waals surface area contributed by atoms with Crippen LogP contribution in [0.1, 0.15) is 33.1 Å². The quantitative estimate of drug-likeness (QED) is 0.551. The number of carbonyl (C=O) groups excluding carboxylic acids is 1. The minimum atomic E-state index is 0.346. The molecule has 0 aliphatic heterocycles. The van der Waals surface area contributed by atoms with Gasteiger partial charge in [0.05, 0.1) is 0 Å². The number of hydrogen-bond acceptors (Lipinski definition) is 1. The van der Waals surface area contributed by atoms with E-state index in [2.05, 4.69) is 19.9 Å². The Morgan fingerprint density at radius 1 is 1.27 bits per heavy atom. The zero-order chi connectivity index (χ0) is 10.6. The Labute approximate surface area is 91.2 Å². The Morgan fingerprint density at radius 3 is 2.67 bits per heavy atom. The Bertz CT molecular complexity index is 371. The summed E-state index contributed by atoms with van der Waals surface area (Å²) in [5, 5.41) is 0. The first kappa shape index (κ1) is 9.38. The van der Waals surface area contributed by atoms with Crippen molar-refractivity contribution < 1.29 is 4.79 Å². The molecule has 0 radical (unpaired) electrons. The summed E-state index contributed by atoms with van der Waals surface area (Å²) >= 11 is 0. The molecule has 3 aliphatic rings. The van der Waals surface area contributed by atoms with Gasteiger partial charge in [0.1, 0.15) is 0 Å². The number of ketones is 1. The minimum absolute atomic E-state index is 0.346. The van der Waals surface area contributed by atoms with Crippen LogP contribution in [0, 0.1) is 23.7 Å². The molecule has 3 aliphatic carbocycles. The van der Waals surface area contributed by atoms with Gasteiger partial charge in [0.2, 0.25) is 0 Å². The van der Waals surface area contributed by atoms with Crippen LogP contribution in [-0.2, 0) is 4.79 Å². The van der Waals surface area contributed by atoms with Gasteiger partial charge in [0.15, 0.2) is 5.78 Å². The van der Waals surface area contributed by atoms with Crippen molar-refractivity contribution >= 4 is 5.78 Å². The van der Waals surface area contributed by atoms with Crippen molar-refractivity contribution in [3.63, 3.8) is 0 Å². The molecule has 0 aromatic heterocycles. The Balaban J connectivity index is 2.06. The van der Waals surface area contributed by atoms with Crippen LogP contribution >= 0.6 is 0 Å². The maximum atomic E-state index is 11.9. The number of fused-ring (bicyclic) bond motifs is 5. The van der Waals surface area contributed by atoms with E-state index in [-0.39, 0.29) is 0 Å². The SMILES string of the molecule is CC(C)=C1[C@H]2CC[C@H]1[C@@H]1C(=O)C=CC[C@@H]12. The highest BCUT2D eigenvalue weighted by molar-refractivity contribution is 5.94. The second-order valence-corrected chi connectivity index (χ2v) is 5.48. The molecule has 2 bridgehead atoms. The third kappa shape index (κ3) is 1.12. The predicted molar refractivity (Wildman–Crippen MR) is 60.3 cm³/mol. The van der Waals surface area contributed by atoms with Crippen LogP contribution in [0.4, 0.5) is 0 Å². The van der Waals surface area contributed by atoms with E-state index in [4.69, 9.17) is 0 Å². The van der Waals surface area contributed by atoms with E-state index in [1.807, 2.05) is 6.08 Å². The molecule has 15 heavy (non-hydrogen) atoms. The molecule has 2 fully saturated rings. The molecule has 3 rings (SSSR count). The number of allylic oxidation sites excluding steroid dienone is 4. The lowest BCUT2D eigenvalue weighted by atomic mass is 9.73. The average molecular weight is 202 g/mol. The topological polar surface area (TPSA) is 17.1 Å². The van der Waals surface area contributed by atoms with E-state index in [1.54, 1.807) is 5.57 Å². The maximum absolute atomic E-state index is 11.9. The third-order valence-electron chi connectivity index (χ3n) is 4.60. The van der Waals surface area contributed by atoms with Gasteiger partial charge in [-0.2, -0.15) is 0 Å². The minimum Gasteiger partial charge on any atom is -0.295 e. The van der Waals surface area contributed by atoms with Crippen LogP contribution in [0.3, 0.4) is 0 Å². The molecule has 0 N–H and O–H groups in total. The fourth-order valence-electron chi connectivity index (χ4n) is 4.23. The van der Waals surface area contributed by atoms with E-state index < -0.39 is 0 Å². The highest BCUT2D eigenvalue weighted by Gasteiger charge is 2.53. The lowest BCUT2D eigenvalue weighted by molar-refractivity contribution is -0.121. The molecule has 80 valence electrons. The van der Waals surface area contributed by atoms with E-state index >= 15 is 0 Å². The van der Waals surface area contributed by atoms with Crippen LogP contribution in [0.5, 0.6) is 0 Å². The van der Waals surface area contributed by atoms with Crippen LogP contribution in [0.15, 0.2) is 23.3 Å². The lowest BCUT2D eigenvalue weighted by Gasteiger charge is -2.30. The normalized spacial score (nSPS) is 42.3. The van der Waals surface area contributed by atoms with Gasteiger partial charge in [0, 0.05) is 5.92 Å². The van der Waals surface area contributed by atoms with Crippen molar-refractivity contribution in [2.24, 2.45) is 23.7 Å². The molecule has 1 heteroatoms. The molecule has 0 amide bonds. The maximum Gasteiger partial charge on any atom is 0.159 e. The lowest BCUT2D eigenvalue weighted by Crippen LogP contribution is -2.30. The van der Waals surface area contributed by atoms with Crippen molar-refractivity contribution in [3.05, 3.63) is 23.3 Å². The molecule has 0 aromatic rings. The molecular formula is C14H18O. The second kappa shape index (κ2) is 3.07. The molecule has 1 nitrogen and oxygen atoms in total. The molecule has 0 unspecified atom stereocenters. The second-order valence-electron chi connectivity index (χ2n) is 5.48. The van der Waals surface area contributed by atoms with Crippen molar-refractivity contribution in [3.8, 4) is 0 Å². The summed E-state index contributed by atoms with van der Waals surface area (Å²) in [4.78, 5) is 11.9. The Morgan fingerprint density at radius 2 is 2.00 bits per heavy atom. The Kier molecular flexibility index (Phi) is 1.92. The van der Waals surface area contributed by atoms with E-state index in [0.717, 1.165) is 12.3 Å². The zero-order valence-corrected chi connectivity index (χ0v) is 9.49. The van der Waals surface area contributed by atoms with Crippen LogP contribution in [-0.4, -0.2) is 5.78 Å². The summed E-state index contributed by atoms with van der Waals surface area (Å²) in [6.07, 6.45) is 7.63. The summed E-state index contributed by atoms with van der Waals surface area (Å²) < 4.78 is 0.